The summed E-state index contributed by atoms with van der Waals surface area (Å²) in [7, 11) is 3.39. The first kappa shape index (κ1) is 15.1. The number of ether oxygens (including phenoxy) is 3. The SMILES string of the molecule is CCOc1ccc(Oc2cc(NC)nc(COC)n2)cc1. The van der Waals surface area contributed by atoms with Crippen molar-refractivity contribution in [3.05, 3.63) is 36.2 Å². The summed E-state index contributed by atoms with van der Waals surface area (Å²) in [5, 5.41) is 2.97. The number of nitrogens with zero attached hydrogens (tertiary/aromatic N) is 2. The van der Waals surface area contributed by atoms with Crippen LogP contribution in [0.1, 0.15) is 12.7 Å². The van der Waals surface area contributed by atoms with Crippen molar-refractivity contribution in [2.75, 3.05) is 26.1 Å². The molecule has 0 aliphatic rings. The first-order chi connectivity index (χ1) is 10.2. The van der Waals surface area contributed by atoms with Crippen molar-refractivity contribution in [3.63, 3.8) is 0 Å². The second kappa shape index (κ2) is 7.44. The largest absolute Gasteiger partial charge is 0.494 e. The molecule has 1 heterocycles. The van der Waals surface area contributed by atoms with E-state index in [1.807, 2.05) is 31.2 Å². The fourth-order valence-electron chi connectivity index (χ4n) is 1.74. The van der Waals surface area contributed by atoms with Crippen LogP contribution in [0.15, 0.2) is 30.3 Å². The summed E-state index contributed by atoms with van der Waals surface area (Å²) in [4.78, 5) is 8.57. The van der Waals surface area contributed by atoms with Gasteiger partial charge in [-0.1, -0.05) is 0 Å². The molecule has 2 rings (SSSR count). The van der Waals surface area contributed by atoms with Crippen LogP contribution in [-0.4, -0.2) is 30.7 Å². The highest BCUT2D eigenvalue weighted by Gasteiger charge is 2.06. The van der Waals surface area contributed by atoms with Crippen molar-refractivity contribution in [1.29, 1.82) is 0 Å². The van der Waals surface area contributed by atoms with Crippen molar-refractivity contribution in [2.24, 2.45) is 0 Å². The van der Waals surface area contributed by atoms with E-state index in [0.29, 0.717) is 36.5 Å². The lowest BCUT2D eigenvalue weighted by atomic mass is 10.3. The maximum absolute atomic E-state index is 5.74. The van der Waals surface area contributed by atoms with Crippen LogP contribution >= 0.6 is 0 Å². The maximum atomic E-state index is 5.74. The molecular weight excluding hydrogens is 270 g/mol. The smallest absolute Gasteiger partial charge is 0.224 e. The Balaban J connectivity index is 2.15. The molecule has 0 bridgehead atoms. The third-order valence-corrected chi connectivity index (χ3v) is 2.64. The van der Waals surface area contributed by atoms with Crippen molar-refractivity contribution in [3.8, 4) is 17.4 Å². The van der Waals surface area contributed by atoms with Gasteiger partial charge in [-0.3, -0.25) is 0 Å². The Kier molecular flexibility index (Phi) is 5.34. The van der Waals surface area contributed by atoms with Crippen molar-refractivity contribution >= 4 is 5.82 Å². The summed E-state index contributed by atoms with van der Waals surface area (Å²) >= 11 is 0. The van der Waals surface area contributed by atoms with E-state index >= 15 is 0 Å². The van der Waals surface area contributed by atoms with E-state index in [4.69, 9.17) is 14.2 Å². The van der Waals surface area contributed by atoms with Gasteiger partial charge in [0, 0.05) is 20.2 Å². The summed E-state index contributed by atoms with van der Waals surface area (Å²) in [5.74, 6) is 3.19. The van der Waals surface area contributed by atoms with Crippen molar-refractivity contribution in [1.82, 2.24) is 9.97 Å². The molecule has 1 N–H and O–H groups in total. The van der Waals surface area contributed by atoms with Gasteiger partial charge in [0.05, 0.1) is 6.61 Å². The molecule has 1 aromatic heterocycles. The predicted molar refractivity (Wildman–Crippen MR) is 80.0 cm³/mol. The Morgan fingerprint density at radius 1 is 1.10 bits per heavy atom. The molecule has 0 radical (unpaired) electrons. The van der Waals surface area contributed by atoms with E-state index in [-0.39, 0.29) is 0 Å². The van der Waals surface area contributed by atoms with Crippen LogP contribution in [0.3, 0.4) is 0 Å². The van der Waals surface area contributed by atoms with E-state index in [1.165, 1.54) is 0 Å². The number of benzene rings is 1. The Morgan fingerprint density at radius 3 is 2.43 bits per heavy atom. The fourth-order valence-corrected chi connectivity index (χ4v) is 1.74. The molecule has 6 nitrogen and oxygen atoms in total. The molecule has 0 aliphatic heterocycles. The number of rotatable bonds is 7. The number of hydrogen-bond acceptors (Lipinski definition) is 6. The summed E-state index contributed by atoms with van der Waals surface area (Å²) in [6, 6.07) is 9.12. The quantitative estimate of drug-likeness (QED) is 0.845. The molecule has 0 saturated carbocycles. The molecule has 0 spiro atoms. The number of nitrogens with one attached hydrogen (secondary N) is 1. The molecule has 112 valence electrons. The van der Waals surface area contributed by atoms with E-state index in [1.54, 1.807) is 20.2 Å². The number of hydrogen-bond donors (Lipinski definition) is 1. The number of methoxy groups -OCH3 is 1. The van der Waals surface area contributed by atoms with Crippen LogP contribution in [0.4, 0.5) is 5.82 Å². The lowest BCUT2D eigenvalue weighted by molar-refractivity contribution is 0.177. The van der Waals surface area contributed by atoms with Gasteiger partial charge in [0.15, 0.2) is 5.82 Å². The van der Waals surface area contributed by atoms with Gasteiger partial charge >= 0.3 is 0 Å². The first-order valence-electron chi connectivity index (χ1n) is 6.70. The molecule has 2 aromatic rings. The van der Waals surface area contributed by atoms with Gasteiger partial charge in [-0.05, 0) is 31.2 Å². The van der Waals surface area contributed by atoms with Gasteiger partial charge in [-0.2, -0.15) is 4.98 Å². The third kappa shape index (κ3) is 4.32. The fraction of sp³-hybridized carbons (Fsp3) is 0.333. The molecule has 0 saturated heterocycles. The molecule has 0 amide bonds. The van der Waals surface area contributed by atoms with Crippen LogP contribution in [0.25, 0.3) is 0 Å². The highest BCUT2D eigenvalue weighted by molar-refractivity contribution is 5.40. The lowest BCUT2D eigenvalue weighted by Gasteiger charge is -2.09. The topological polar surface area (TPSA) is 65.5 Å². The molecule has 1 aromatic carbocycles. The molecule has 0 aliphatic carbocycles. The summed E-state index contributed by atoms with van der Waals surface area (Å²) in [5.41, 5.74) is 0. The number of aromatic nitrogens is 2. The Morgan fingerprint density at radius 2 is 1.81 bits per heavy atom. The minimum absolute atomic E-state index is 0.329. The van der Waals surface area contributed by atoms with Crippen molar-refractivity contribution in [2.45, 2.75) is 13.5 Å². The Labute approximate surface area is 124 Å². The zero-order valence-corrected chi connectivity index (χ0v) is 12.4. The molecule has 6 heteroatoms. The minimum Gasteiger partial charge on any atom is -0.494 e. The maximum Gasteiger partial charge on any atom is 0.224 e. The highest BCUT2D eigenvalue weighted by Crippen LogP contribution is 2.24. The van der Waals surface area contributed by atoms with Crippen LogP contribution < -0.4 is 14.8 Å². The van der Waals surface area contributed by atoms with Crippen LogP contribution in [0, 0.1) is 0 Å². The van der Waals surface area contributed by atoms with E-state index in [0.717, 1.165) is 5.75 Å². The summed E-state index contributed by atoms with van der Waals surface area (Å²) in [6.45, 7) is 2.91. The van der Waals surface area contributed by atoms with E-state index in [9.17, 15) is 0 Å². The molecular formula is C15H19N3O3. The van der Waals surface area contributed by atoms with Crippen LogP contribution in [0.5, 0.6) is 17.4 Å². The normalized spacial score (nSPS) is 10.2. The Hall–Kier alpha value is -2.34. The second-order valence-corrected chi connectivity index (χ2v) is 4.20. The molecule has 0 fully saturated rings. The van der Waals surface area contributed by atoms with E-state index in [2.05, 4.69) is 15.3 Å². The van der Waals surface area contributed by atoms with Gasteiger partial charge in [0.2, 0.25) is 5.88 Å². The molecule has 21 heavy (non-hydrogen) atoms. The zero-order valence-electron chi connectivity index (χ0n) is 12.4. The van der Waals surface area contributed by atoms with Gasteiger partial charge in [0.25, 0.3) is 0 Å². The van der Waals surface area contributed by atoms with Crippen LogP contribution in [0.2, 0.25) is 0 Å². The average molecular weight is 289 g/mol. The first-order valence-corrected chi connectivity index (χ1v) is 6.70. The highest BCUT2D eigenvalue weighted by atomic mass is 16.5. The van der Waals surface area contributed by atoms with E-state index < -0.39 is 0 Å². The zero-order chi connectivity index (χ0) is 15.1. The number of anilines is 1. The van der Waals surface area contributed by atoms with Gasteiger partial charge in [-0.15, -0.1) is 0 Å². The van der Waals surface area contributed by atoms with Gasteiger partial charge < -0.3 is 19.5 Å². The molecule has 0 atom stereocenters. The predicted octanol–water partition coefficient (Wildman–Crippen LogP) is 2.86. The summed E-state index contributed by atoms with van der Waals surface area (Å²) < 4.78 is 16.2. The van der Waals surface area contributed by atoms with Crippen molar-refractivity contribution < 1.29 is 14.2 Å². The third-order valence-electron chi connectivity index (χ3n) is 2.64. The lowest BCUT2D eigenvalue weighted by Crippen LogP contribution is -2.03. The summed E-state index contributed by atoms with van der Waals surface area (Å²) in [6.07, 6.45) is 0. The Bertz CT molecular complexity index is 573. The minimum atomic E-state index is 0.329. The second-order valence-electron chi connectivity index (χ2n) is 4.20. The standard InChI is InChI=1S/C15H19N3O3/c1-4-20-11-5-7-12(8-6-11)21-15-9-13(16-2)17-14(18-15)10-19-3/h5-9H,4,10H2,1-3H3,(H,16,17,18). The van der Waals surface area contributed by atoms with Gasteiger partial charge in [-0.25, -0.2) is 4.98 Å². The monoisotopic (exact) mass is 289 g/mol. The molecule has 0 unspecified atom stereocenters. The average Bonchev–Trinajstić information content (AvgIpc) is 2.49. The van der Waals surface area contributed by atoms with Gasteiger partial charge in [0.1, 0.15) is 23.9 Å². The van der Waals surface area contributed by atoms with Crippen LogP contribution in [-0.2, 0) is 11.3 Å².